The van der Waals surface area contributed by atoms with Crippen LogP contribution in [0.4, 0.5) is 5.69 Å². The molecular weight excluding hydrogens is 243 g/mol. The van der Waals surface area contributed by atoms with Crippen molar-refractivity contribution in [2.24, 2.45) is 0 Å². The molecule has 1 N–H and O–H groups in total. The van der Waals surface area contributed by atoms with Crippen molar-refractivity contribution in [1.82, 2.24) is 4.90 Å². The van der Waals surface area contributed by atoms with Gasteiger partial charge < -0.3 is 10.2 Å². The van der Waals surface area contributed by atoms with Crippen LogP contribution in [-0.4, -0.2) is 31.1 Å². The second-order valence-electron chi connectivity index (χ2n) is 4.35. The van der Waals surface area contributed by atoms with E-state index in [9.17, 15) is 0 Å². The maximum atomic E-state index is 5.97. The maximum absolute atomic E-state index is 5.97. The first kappa shape index (κ1) is 12.0. The molecule has 1 aromatic carbocycles. The molecule has 1 fully saturated rings. The van der Waals surface area contributed by atoms with Gasteiger partial charge in [0.25, 0.3) is 0 Å². The number of rotatable bonds is 2. The minimum absolute atomic E-state index is 0.549. The van der Waals surface area contributed by atoms with Crippen LogP contribution in [0.25, 0.3) is 0 Å². The van der Waals surface area contributed by atoms with Crippen LogP contribution in [0.3, 0.4) is 0 Å². The zero-order valence-electron chi connectivity index (χ0n) is 9.34. The van der Waals surface area contributed by atoms with Crippen molar-refractivity contribution in [2.75, 3.05) is 25.5 Å². The average molecular weight is 259 g/mol. The Morgan fingerprint density at radius 2 is 1.88 bits per heavy atom. The fraction of sp³-hybridized carbons (Fsp3) is 0.500. The highest BCUT2D eigenvalue weighted by Crippen LogP contribution is 2.26. The molecule has 0 bridgehead atoms. The number of anilines is 1. The van der Waals surface area contributed by atoms with Gasteiger partial charge in [-0.05, 0) is 51.2 Å². The van der Waals surface area contributed by atoms with E-state index in [0.29, 0.717) is 16.1 Å². The van der Waals surface area contributed by atoms with Crippen molar-refractivity contribution in [3.05, 3.63) is 28.2 Å². The molecule has 1 aliphatic heterocycles. The molecule has 2 rings (SSSR count). The third kappa shape index (κ3) is 3.03. The van der Waals surface area contributed by atoms with Crippen molar-refractivity contribution in [2.45, 2.75) is 18.9 Å². The molecular formula is C12H16Cl2N2. The van der Waals surface area contributed by atoms with Crippen LogP contribution in [0.2, 0.25) is 10.0 Å². The topological polar surface area (TPSA) is 15.3 Å². The highest BCUT2D eigenvalue weighted by molar-refractivity contribution is 6.42. The molecule has 1 heterocycles. The summed E-state index contributed by atoms with van der Waals surface area (Å²) in [5.41, 5.74) is 1.06. The molecule has 1 aromatic rings. The fourth-order valence-corrected chi connectivity index (χ4v) is 2.27. The predicted molar refractivity (Wildman–Crippen MR) is 70.6 cm³/mol. The third-order valence-corrected chi connectivity index (χ3v) is 3.75. The predicted octanol–water partition coefficient (Wildman–Crippen LogP) is 3.50. The monoisotopic (exact) mass is 258 g/mol. The Bertz CT molecular complexity index is 360. The summed E-state index contributed by atoms with van der Waals surface area (Å²) in [6.07, 6.45) is 2.35. The molecule has 0 saturated carbocycles. The summed E-state index contributed by atoms with van der Waals surface area (Å²) >= 11 is 11.9. The van der Waals surface area contributed by atoms with Crippen LogP contribution < -0.4 is 5.32 Å². The first-order valence-corrected chi connectivity index (χ1v) is 6.31. The Hall–Kier alpha value is -0.440. The number of hydrogen-bond acceptors (Lipinski definition) is 2. The fourth-order valence-electron chi connectivity index (χ4n) is 1.97. The Kier molecular flexibility index (Phi) is 3.95. The van der Waals surface area contributed by atoms with Gasteiger partial charge in [-0.15, -0.1) is 0 Å². The van der Waals surface area contributed by atoms with Crippen molar-refractivity contribution < 1.29 is 0 Å². The number of piperidine rings is 1. The number of halogens is 2. The zero-order valence-corrected chi connectivity index (χ0v) is 10.9. The first-order valence-electron chi connectivity index (χ1n) is 5.55. The van der Waals surface area contributed by atoms with Crippen LogP contribution in [0.1, 0.15) is 12.8 Å². The van der Waals surface area contributed by atoms with E-state index < -0.39 is 0 Å². The molecule has 1 aliphatic rings. The van der Waals surface area contributed by atoms with Crippen molar-refractivity contribution in [1.29, 1.82) is 0 Å². The summed E-state index contributed by atoms with van der Waals surface area (Å²) in [6, 6.07) is 6.25. The number of hydrogen-bond donors (Lipinski definition) is 1. The molecule has 88 valence electrons. The highest BCUT2D eigenvalue weighted by Gasteiger charge is 2.16. The SMILES string of the molecule is CN1CCC(Nc2ccc(Cl)c(Cl)c2)CC1. The molecule has 1 saturated heterocycles. The van der Waals surface area contributed by atoms with Crippen molar-refractivity contribution >= 4 is 28.9 Å². The Labute approximate surface area is 107 Å². The lowest BCUT2D eigenvalue weighted by molar-refractivity contribution is 0.264. The molecule has 0 atom stereocenters. The van der Waals surface area contributed by atoms with Gasteiger partial charge in [0.15, 0.2) is 0 Å². The Morgan fingerprint density at radius 1 is 1.19 bits per heavy atom. The van der Waals surface area contributed by atoms with E-state index >= 15 is 0 Å². The van der Waals surface area contributed by atoms with E-state index in [1.807, 2.05) is 18.2 Å². The van der Waals surface area contributed by atoms with Crippen LogP contribution in [0.5, 0.6) is 0 Å². The van der Waals surface area contributed by atoms with Crippen LogP contribution in [-0.2, 0) is 0 Å². The summed E-state index contributed by atoms with van der Waals surface area (Å²) in [4.78, 5) is 2.35. The lowest BCUT2D eigenvalue weighted by Gasteiger charge is -2.30. The molecule has 0 unspecified atom stereocenters. The number of nitrogens with zero attached hydrogens (tertiary/aromatic N) is 1. The van der Waals surface area contributed by atoms with Gasteiger partial charge in [0.05, 0.1) is 10.0 Å². The third-order valence-electron chi connectivity index (χ3n) is 3.01. The quantitative estimate of drug-likeness (QED) is 0.874. The Morgan fingerprint density at radius 3 is 2.50 bits per heavy atom. The zero-order chi connectivity index (χ0) is 11.5. The minimum Gasteiger partial charge on any atom is -0.382 e. The van der Waals surface area contributed by atoms with Crippen LogP contribution >= 0.6 is 23.2 Å². The summed E-state index contributed by atoms with van der Waals surface area (Å²) in [5.74, 6) is 0. The van der Waals surface area contributed by atoms with E-state index in [0.717, 1.165) is 18.8 Å². The molecule has 2 nitrogen and oxygen atoms in total. The Balaban J connectivity index is 1.96. The number of likely N-dealkylation sites (tertiary alicyclic amines) is 1. The van der Waals surface area contributed by atoms with E-state index in [1.54, 1.807) is 0 Å². The molecule has 0 radical (unpaired) electrons. The van der Waals surface area contributed by atoms with Crippen molar-refractivity contribution in [3.8, 4) is 0 Å². The second kappa shape index (κ2) is 5.26. The summed E-state index contributed by atoms with van der Waals surface area (Å²) in [6.45, 7) is 2.30. The van der Waals surface area contributed by atoms with Gasteiger partial charge in [0.1, 0.15) is 0 Å². The van der Waals surface area contributed by atoms with E-state index in [-0.39, 0.29) is 0 Å². The molecule has 0 aliphatic carbocycles. The normalized spacial score (nSPS) is 18.7. The van der Waals surface area contributed by atoms with E-state index in [2.05, 4.69) is 17.3 Å². The van der Waals surface area contributed by atoms with Gasteiger partial charge in [-0.1, -0.05) is 23.2 Å². The van der Waals surface area contributed by atoms with Gasteiger partial charge in [-0.2, -0.15) is 0 Å². The van der Waals surface area contributed by atoms with Gasteiger partial charge in [-0.25, -0.2) is 0 Å². The molecule has 4 heteroatoms. The molecule has 0 spiro atoms. The first-order chi connectivity index (χ1) is 7.65. The standard InChI is InChI=1S/C12H16Cl2N2/c1-16-6-4-9(5-7-16)15-10-2-3-11(13)12(14)8-10/h2-3,8-9,15H,4-7H2,1H3. The number of nitrogens with one attached hydrogen (secondary N) is 1. The van der Waals surface area contributed by atoms with E-state index in [4.69, 9.17) is 23.2 Å². The average Bonchev–Trinajstić information content (AvgIpc) is 2.27. The van der Waals surface area contributed by atoms with Gasteiger partial charge in [0.2, 0.25) is 0 Å². The maximum Gasteiger partial charge on any atom is 0.0612 e. The van der Waals surface area contributed by atoms with Crippen LogP contribution in [0.15, 0.2) is 18.2 Å². The lowest BCUT2D eigenvalue weighted by atomic mass is 10.1. The number of benzene rings is 1. The lowest BCUT2D eigenvalue weighted by Crippen LogP contribution is -2.36. The van der Waals surface area contributed by atoms with Crippen molar-refractivity contribution in [3.63, 3.8) is 0 Å². The van der Waals surface area contributed by atoms with Crippen LogP contribution in [0, 0.1) is 0 Å². The molecule has 0 amide bonds. The molecule has 0 aromatic heterocycles. The largest absolute Gasteiger partial charge is 0.382 e. The van der Waals surface area contributed by atoms with Gasteiger partial charge in [-0.3, -0.25) is 0 Å². The second-order valence-corrected chi connectivity index (χ2v) is 5.17. The summed E-state index contributed by atoms with van der Waals surface area (Å²) in [5, 5.41) is 4.72. The van der Waals surface area contributed by atoms with E-state index in [1.165, 1.54) is 12.8 Å². The summed E-state index contributed by atoms with van der Waals surface area (Å²) < 4.78 is 0. The summed E-state index contributed by atoms with van der Waals surface area (Å²) in [7, 11) is 2.16. The van der Waals surface area contributed by atoms with Gasteiger partial charge >= 0.3 is 0 Å². The molecule has 16 heavy (non-hydrogen) atoms. The highest BCUT2D eigenvalue weighted by atomic mass is 35.5. The smallest absolute Gasteiger partial charge is 0.0612 e. The van der Waals surface area contributed by atoms with Gasteiger partial charge in [0, 0.05) is 11.7 Å². The minimum atomic E-state index is 0.549.